The normalized spacial score (nSPS) is 11.7. The first kappa shape index (κ1) is 28.2. The van der Waals surface area contributed by atoms with Crippen molar-refractivity contribution in [3.63, 3.8) is 0 Å². The third kappa shape index (κ3) is 9.65. The summed E-state index contributed by atoms with van der Waals surface area (Å²) in [5.41, 5.74) is 9.13. The molecule has 10 nitrogen and oxygen atoms in total. The molecule has 4 N–H and O–H groups in total. The maximum absolute atomic E-state index is 12.7. The molecule has 36 heavy (non-hydrogen) atoms. The number of nitrogens with one attached hydrogen (secondary N) is 2. The van der Waals surface area contributed by atoms with Gasteiger partial charge in [0.05, 0.1) is 12.8 Å². The minimum absolute atomic E-state index is 0.156. The lowest BCUT2D eigenvalue weighted by atomic mass is 10.0. The standard InChI is InChI=1S/C26H34N4O6/c1-5-34-23-13-19(10-11-22(23)35-15-24(27)31)14-28-30-26(33)20(12-17(2)3)29-25(32)16-36-21-9-7-6-8-18(21)4/h6-11,13-14,17,20H,5,12,15-16H2,1-4H3,(H2,27,31)(H,29,32)(H,30,33)/b28-14-/t20-/m0/s1. The average Bonchev–Trinajstić information content (AvgIpc) is 2.82. The predicted molar refractivity (Wildman–Crippen MR) is 136 cm³/mol. The van der Waals surface area contributed by atoms with E-state index in [1.807, 2.05) is 45.9 Å². The number of hydrazone groups is 1. The number of nitrogens with two attached hydrogens (primary N) is 1. The van der Waals surface area contributed by atoms with Crippen LogP contribution in [0.25, 0.3) is 0 Å². The van der Waals surface area contributed by atoms with Crippen LogP contribution in [0.2, 0.25) is 0 Å². The van der Waals surface area contributed by atoms with Crippen molar-refractivity contribution < 1.29 is 28.6 Å². The summed E-state index contributed by atoms with van der Waals surface area (Å²) in [6, 6.07) is 11.6. The number of amides is 3. The first-order valence-electron chi connectivity index (χ1n) is 11.7. The third-order valence-electron chi connectivity index (χ3n) is 4.84. The van der Waals surface area contributed by atoms with Crippen molar-refractivity contribution in [3.8, 4) is 17.2 Å². The summed E-state index contributed by atoms with van der Waals surface area (Å²) in [4.78, 5) is 36.2. The van der Waals surface area contributed by atoms with Crippen LogP contribution in [0.3, 0.4) is 0 Å². The first-order valence-corrected chi connectivity index (χ1v) is 11.7. The van der Waals surface area contributed by atoms with E-state index in [-0.39, 0.29) is 19.1 Å². The van der Waals surface area contributed by atoms with Gasteiger partial charge in [0.15, 0.2) is 24.7 Å². The van der Waals surface area contributed by atoms with Gasteiger partial charge in [-0.2, -0.15) is 5.10 Å². The molecule has 3 amide bonds. The highest BCUT2D eigenvalue weighted by atomic mass is 16.5. The number of ether oxygens (including phenoxy) is 3. The molecule has 2 aromatic carbocycles. The third-order valence-corrected chi connectivity index (χ3v) is 4.84. The minimum atomic E-state index is -0.779. The van der Waals surface area contributed by atoms with Crippen LogP contribution in [0, 0.1) is 12.8 Å². The zero-order valence-electron chi connectivity index (χ0n) is 21.1. The van der Waals surface area contributed by atoms with Crippen molar-refractivity contribution in [1.29, 1.82) is 0 Å². The smallest absolute Gasteiger partial charge is 0.262 e. The van der Waals surface area contributed by atoms with E-state index >= 15 is 0 Å². The summed E-state index contributed by atoms with van der Waals surface area (Å²) in [5.74, 6) is 0.0860. The molecule has 2 rings (SSSR count). The fourth-order valence-corrected chi connectivity index (χ4v) is 3.19. The van der Waals surface area contributed by atoms with Crippen LogP contribution in [0.5, 0.6) is 17.2 Å². The molecule has 0 radical (unpaired) electrons. The molecule has 0 fully saturated rings. The van der Waals surface area contributed by atoms with E-state index in [0.717, 1.165) is 5.56 Å². The minimum Gasteiger partial charge on any atom is -0.490 e. The zero-order chi connectivity index (χ0) is 26.5. The van der Waals surface area contributed by atoms with Gasteiger partial charge in [-0.3, -0.25) is 14.4 Å². The molecule has 2 aromatic rings. The number of primary amides is 1. The van der Waals surface area contributed by atoms with Gasteiger partial charge in [0.1, 0.15) is 11.8 Å². The van der Waals surface area contributed by atoms with Crippen molar-refractivity contribution in [2.45, 2.75) is 40.2 Å². The Morgan fingerprint density at radius 2 is 1.72 bits per heavy atom. The highest BCUT2D eigenvalue weighted by molar-refractivity contribution is 5.89. The fourth-order valence-electron chi connectivity index (χ4n) is 3.19. The van der Waals surface area contributed by atoms with Crippen molar-refractivity contribution >= 4 is 23.9 Å². The SMILES string of the molecule is CCOc1cc(/C=N\NC(=O)[C@H](CC(C)C)NC(=O)COc2ccccc2C)ccc1OCC(N)=O. The maximum atomic E-state index is 12.7. The molecular weight excluding hydrogens is 464 g/mol. The van der Waals surface area contributed by atoms with E-state index in [4.69, 9.17) is 19.9 Å². The first-order chi connectivity index (χ1) is 17.2. The number of nitrogens with zero attached hydrogens (tertiary/aromatic N) is 1. The van der Waals surface area contributed by atoms with E-state index in [1.165, 1.54) is 6.21 Å². The topological polar surface area (TPSA) is 141 Å². The second-order valence-corrected chi connectivity index (χ2v) is 8.43. The number of carbonyl (C=O) groups excluding carboxylic acids is 3. The van der Waals surface area contributed by atoms with Gasteiger partial charge < -0.3 is 25.3 Å². The highest BCUT2D eigenvalue weighted by Gasteiger charge is 2.22. The summed E-state index contributed by atoms with van der Waals surface area (Å²) < 4.78 is 16.5. The van der Waals surface area contributed by atoms with Crippen LogP contribution < -0.4 is 30.7 Å². The number of aryl methyl sites for hydroxylation is 1. The van der Waals surface area contributed by atoms with Gasteiger partial charge in [0.2, 0.25) is 0 Å². The van der Waals surface area contributed by atoms with E-state index in [9.17, 15) is 14.4 Å². The molecule has 0 aromatic heterocycles. The Morgan fingerprint density at radius 1 is 1.00 bits per heavy atom. The molecule has 0 spiro atoms. The molecule has 0 aliphatic heterocycles. The molecule has 0 saturated heterocycles. The van der Waals surface area contributed by atoms with E-state index in [2.05, 4.69) is 15.8 Å². The van der Waals surface area contributed by atoms with Crippen LogP contribution in [-0.4, -0.2) is 49.8 Å². The Balaban J connectivity index is 1.99. The number of carbonyl (C=O) groups is 3. The molecular formula is C26H34N4O6. The van der Waals surface area contributed by atoms with Crippen molar-refractivity contribution in [3.05, 3.63) is 53.6 Å². The Hall–Kier alpha value is -4.08. The Labute approximate surface area is 211 Å². The second kappa shape index (κ2) is 14.3. The lowest BCUT2D eigenvalue weighted by molar-refractivity contribution is -0.130. The average molecular weight is 499 g/mol. The van der Waals surface area contributed by atoms with Crippen LogP contribution in [0.4, 0.5) is 0 Å². The van der Waals surface area contributed by atoms with Crippen LogP contribution >= 0.6 is 0 Å². The largest absolute Gasteiger partial charge is 0.490 e. The molecule has 10 heteroatoms. The second-order valence-electron chi connectivity index (χ2n) is 8.43. The van der Waals surface area contributed by atoms with E-state index in [1.54, 1.807) is 24.3 Å². The Kier molecular flexibility index (Phi) is 11.2. The van der Waals surface area contributed by atoms with Gasteiger partial charge in [-0.25, -0.2) is 5.43 Å². The molecule has 1 atom stereocenters. The summed E-state index contributed by atoms with van der Waals surface area (Å²) in [6.07, 6.45) is 1.87. The van der Waals surface area contributed by atoms with Crippen molar-refractivity contribution in [1.82, 2.24) is 10.7 Å². The van der Waals surface area contributed by atoms with E-state index < -0.39 is 23.8 Å². The van der Waals surface area contributed by atoms with Crippen LogP contribution in [0.15, 0.2) is 47.6 Å². The van der Waals surface area contributed by atoms with Crippen LogP contribution in [-0.2, 0) is 14.4 Å². The maximum Gasteiger partial charge on any atom is 0.262 e. The molecule has 0 aliphatic carbocycles. The Bertz CT molecular complexity index is 1070. The molecule has 0 saturated carbocycles. The van der Waals surface area contributed by atoms with Gasteiger partial charge in [0.25, 0.3) is 17.7 Å². The highest BCUT2D eigenvalue weighted by Crippen LogP contribution is 2.28. The van der Waals surface area contributed by atoms with Crippen molar-refractivity contribution in [2.75, 3.05) is 19.8 Å². The number of para-hydroxylation sites is 1. The Morgan fingerprint density at radius 3 is 2.39 bits per heavy atom. The van der Waals surface area contributed by atoms with Gasteiger partial charge >= 0.3 is 0 Å². The van der Waals surface area contributed by atoms with Gasteiger partial charge in [-0.1, -0.05) is 32.0 Å². The summed E-state index contributed by atoms with van der Waals surface area (Å²) in [5, 5.41) is 6.73. The molecule has 0 unspecified atom stereocenters. The molecule has 0 bridgehead atoms. The predicted octanol–water partition coefficient (Wildman–Crippen LogP) is 2.32. The fraction of sp³-hybridized carbons (Fsp3) is 0.385. The molecule has 0 heterocycles. The van der Waals surface area contributed by atoms with E-state index in [0.29, 0.717) is 35.8 Å². The molecule has 194 valence electrons. The quantitative estimate of drug-likeness (QED) is 0.270. The summed E-state index contributed by atoms with van der Waals surface area (Å²) >= 11 is 0. The molecule has 0 aliphatic rings. The lowest BCUT2D eigenvalue weighted by Crippen LogP contribution is -2.47. The monoisotopic (exact) mass is 498 g/mol. The number of hydrogen-bond acceptors (Lipinski definition) is 7. The number of hydrogen-bond donors (Lipinski definition) is 3. The zero-order valence-corrected chi connectivity index (χ0v) is 21.1. The van der Waals surface area contributed by atoms with Gasteiger partial charge in [-0.05, 0) is 61.6 Å². The summed E-state index contributed by atoms with van der Waals surface area (Å²) in [7, 11) is 0. The lowest BCUT2D eigenvalue weighted by Gasteiger charge is -2.19. The number of rotatable bonds is 14. The van der Waals surface area contributed by atoms with Gasteiger partial charge in [-0.15, -0.1) is 0 Å². The van der Waals surface area contributed by atoms with Crippen molar-refractivity contribution in [2.24, 2.45) is 16.8 Å². The number of benzene rings is 2. The summed E-state index contributed by atoms with van der Waals surface area (Å²) in [6.45, 7) is 7.51. The van der Waals surface area contributed by atoms with Gasteiger partial charge in [0, 0.05) is 0 Å². The van der Waals surface area contributed by atoms with Crippen LogP contribution in [0.1, 0.15) is 38.3 Å².